The van der Waals surface area contributed by atoms with Crippen molar-refractivity contribution in [1.29, 1.82) is 0 Å². The van der Waals surface area contributed by atoms with Gasteiger partial charge in [0.1, 0.15) is 0 Å². The van der Waals surface area contributed by atoms with Crippen LogP contribution in [0.2, 0.25) is 0 Å². The maximum absolute atomic E-state index is 11.9. The Bertz CT molecular complexity index is 418. The van der Waals surface area contributed by atoms with Crippen molar-refractivity contribution in [2.45, 2.75) is 32.8 Å². The number of carbonyl (C=O) groups excluding carboxylic acids is 1. The number of aliphatic hydroxyl groups is 1. The van der Waals surface area contributed by atoms with Crippen LogP contribution < -0.4 is 10.2 Å². The van der Waals surface area contributed by atoms with Gasteiger partial charge in [0.05, 0.1) is 12.1 Å². The van der Waals surface area contributed by atoms with Crippen LogP contribution in [0.4, 0.5) is 5.69 Å². The number of amides is 1. The lowest BCUT2D eigenvalue weighted by Crippen LogP contribution is -2.47. The van der Waals surface area contributed by atoms with Crippen molar-refractivity contribution in [3.05, 3.63) is 30.3 Å². The summed E-state index contributed by atoms with van der Waals surface area (Å²) in [6.45, 7) is 6.35. The van der Waals surface area contributed by atoms with E-state index in [4.69, 9.17) is 0 Å². The van der Waals surface area contributed by atoms with E-state index in [1.165, 1.54) is 0 Å². The van der Waals surface area contributed by atoms with Gasteiger partial charge in [-0.25, -0.2) is 0 Å². The quantitative estimate of drug-likeness (QED) is 0.802. The molecule has 0 saturated heterocycles. The number of nitrogens with one attached hydrogen (secondary N) is 1. The zero-order chi connectivity index (χ0) is 15.2. The summed E-state index contributed by atoms with van der Waals surface area (Å²) in [5.74, 6) is 0.0644. The Morgan fingerprint density at radius 2 is 2.00 bits per heavy atom. The lowest BCUT2D eigenvalue weighted by molar-refractivity contribution is -0.121. The van der Waals surface area contributed by atoms with Crippen LogP contribution in [0.3, 0.4) is 0 Å². The Hall–Kier alpha value is -1.55. The number of para-hydroxylation sites is 1. The van der Waals surface area contributed by atoms with Crippen molar-refractivity contribution in [3.63, 3.8) is 0 Å². The molecule has 0 aliphatic rings. The summed E-state index contributed by atoms with van der Waals surface area (Å²) in [5.41, 5.74) is 0.131. The Balaban J connectivity index is 2.45. The molecule has 0 aliphatic carbocycles. The zero-order valence-electron chi connectivity index (χ0n) is 12.9. The molecule has 0 aliphatic heterocycles. The van der Waals surface area contributed by atoms with Crippen LogP contribution in [0.25, 0.3) is 0 Å². The van der Waals surface area contributed by atoms with E-state index in [0.29, 0.717) is 0 Å². The minimum absolute atomic E-state index is 0.0834. The molecule has 4 heteroatoms. The highest BCUT2D eigenvalue weighted by Crippen LogP contribution is 2.18. The second kappa shape index (κ2) is 7.29. The van der Waals surface area contributed by atoms with Gasteiger partial charge in [-0.05, 0) is 25.0 Å². The summed E-state index contributed by atoms with van der Waals surface area (Å²) in [6, 6.07) is 9.75. The van der Waals surface area contributed by atoms with Gasteiger partial charge < -0.3 is 15.3 Å². The summed E-state index contributed by atoms with van der Waals surface area (Å²) in [7, 11) is 1.88. The maximum atomic E-state index is 11.9. The van der Waals surface area contributed by atoms with E-state index in [1.54, 1.807) is 6.92 Å². The van der Waals surface area contributed by atoms with Crippen molar-refractivity contribution in [1.82, 2.24) is 5.32 Å². The van der Waals surface area contributed by atoms with E-state index in [0.717, 1.165) is 12.1 Å². The number of benzene rings is 1. The molecule has 0 bridgehead atoms. The Labute approximate surface area is 121 Å². The largest absolute Gasteiger partial charge is 0.388 e. The SMILES string of the molecule is CCC(C)C(C)(O)CNC(=O)CN(C)c1ccccc1. The lowest BCUT2D eigenvalue weighted by atomic mass is 9.89. The van der Waals surface area contributed by atoms with Gasteiger partial charge in [0.15, 0.2) is 0 Å². The molecule has 1 aromatic carbocycles. The van der Waals surface area contributed by atoms with E-state index in [9.17, 15) is 9.90 Å². The topological polar surface area (TPSA) is 52.6 Å². The van der Waals surface area contributed by atoms with Crippen molar-refractivity contribution in [2.24, 2.45) is 5.92 Å². The van der Waals surface area contributed by atoms with Crippen LogP contribution in [0, 0.1) is 5.92 Å². The second-order valence-corrected chi connectivity index (χ2v) is 5.63. The van der Waals surface area contributed by atoms with E-state index in [-0.39, 0.29) is 24.9 Å². The first kappa shape index (κ1) is 16.5. The number of nitrogens with zero attached hydrogens (tertiary/aromatic N) is 1. The molecular formula is C16H26N2O2. The fourth-order valence-electron chi connectivity index (χ4n) is 1.94. The average Bonchev–Trinajstić information content (AvgIpc) is 2.45. The molecule has 0 spiro atoms. The minimum atomic E-state index is -0.865. The molecule has 20 heavy (non-hydrogen) atoms. The highest BCUT2D eigenvalue weighted by molar-refractivity contribution is 5.81. The Kier molecular flexibility index (Phi) is 6.02. The van der Waals surface area contributed by atoms with E-state index in [1.807, 2.05) is 56.1 Å². The summed E-state index contributed by atoms with van der Waals surface area (Å²) < 4.78 is 0. The van der Waals surface area contributed by atoms with Crippen LogP contribution in [0.15, 0.2) is 30.3 Å². The Morgan fingerprint density at radius 3 is 2.55 bits per heavy atom. The van der Waals surface area contributed by atoms with E-state index in [2.05, 4.69) is 5.32 Å². The third-order valence-corrected chi connectivity index (χ3v) is 3.90. The average molecular weight is 278 g/mol. The third kappa shape index (κ3) is 4.85. The molecule has 2 atom stereocenters. The van der Waals surface area contributed by atoms with Crippen LogP contribution in [-0.4, -0.2) is 36.8 Å². The van der Waals surface area contributed by atoms with Gasteiger partial charge in [-0.15, -0.1) is 0 Å². The number of carbonyl (C=O) groups is 1. The van der Waals surface area contributed by atoms with Crippen LogP contribution >= 0.6 is 0 Å². The molecule has 0 fully saturated rings. The van der Waals surface area contributed by atoms with Gasteiger partial charge in [0.25, 0.3) is 0 Å². The first-order valence-corrected chi connectivity index (χ1v) is 7.12. The number of rotatable bonds is 7. The molecule has 0 saturated carbocycles. The molecule has 4 nitrogen and oxygen atoms in total. The fourth-order valence-corrected chi connectivity index (χ4v) is 1.94. The smallest absolute Gasteiger partial charge is 0.239 e. The summed E-state index contributed by atoms with van der Waals surface area (Å²) in [5, 5.41) is 13.1. The first-order valence-electron chi connectivity index (χ1n) is 7.12. The summed E-state index contributed by atoms with van der Waals surface area (Å²) in [6.07, 6.45) is 0.882. The van der Waals surface area contributed by atoms with Crippen LogP contribution in [-0.2, 0) is 4.79 Å². The minimum Gasteiger partial charge on any atom is -0.388 e. The molecule has 2 unspecified atom stereocenters. The second-order valence-electron chi connectivity index (χ2n) is 5.63. The van der Waals surface area contributed by atoms with Crippen LogP contribution in [0.5, 0.6) is 0 Å². The van der Waals surface area contributed by atoms with Gasteiger partial charge in [-0.3, -0.25) is 4.79 Å². The molecule has 2 N–H and O–H groups in total. The molecule has 112 valence electrons. The van der Waals surface area contributed by atoms with Crippen LogP contribution in [0.1, 0.15) is 27.2 Å². The highest BCUT2D eigenvalue weighted by Gasteiger charge is 2.27. The molecule has 1 amide bonds. The molecule has 1 aromatic rings. The van der Waals surface area contributed by atoms with E-state index >= 15 is 0 Å². The normalized spacial score (nSPS) is 15.2. The standard InChI is InChI=1S/C16H26N2O2/c1-5-13(2)16(3,20)12-17-15(19)11-18(4)14-9-7-6-8-10-14/h6-10,13,20H,5,11-12H2,1-4H3,(H,17,19). The van der Waals surface area contributed by atoms with Gasteiger partial charge >= 0.3 is 0 Å². The van der Waals surface area contributed by atoms with Crippen molar-refractivity contribution in [3.8, 4) is 0 Å². The van der Waals surface area contributed by atoms with Gasteiger partial charge in [0.2, 0.25) is 5.91 Å². The Morgan fingerprint density at radius 1 is 1.40 bits per heavy atom. The third-order valence-electron chi connectivity index (χ3n) is 3.90. The lowest BCUT2D eigenvalue weighted by Gasteiger charge is -2.30. The van der Waals surface area contributed by atoms with Gasteiger partial charge in [0, 0.05) is 19.3 Å². The van der Waals surface area contributed by atoms with Crippen molar-refractivity contribution >= 4 is 11.6 Å². The fraction of sp³-hybridized carbons (Fsp3) is 0.562. The predicted molar refractivity (Wildman–Crippen MR) is 82.8 cm³/mol. The molecular weight excluding hydrogens is 252 g/mol. The molecule has 1 rings (SSSR count). The summed E-state index contributed by atoms with van der Waals surface area (Å²) >= 11 is 0. The molecule has 0 heterocycles. The number of hydrogen-bond acceptors (Lipinski definition) is 3. The zero-order valence-corrected chi connectivity index (χ0v) is 12.9. The predicted octanol–water partition coefficient (Wildman–Crippen LogP) is 2.04. The molecule has 0 aromatic heterocycles. The summed E-state index contributed by atoms with van der Waals surface area (Å²) in [4.78, 5) is 13.8. The number of likely N-dealkylation sites (N-methyl/N-ethyl adjacent to an activating group) is 1. The maximum Gasteiger partial charge on any atom is 0.239 e. The van der Waals surface area contributed by atoms with Crippen molar-refractivity contribution in [2.75, 3.05) is 25.0 Å². The highest BCUT2D eigenvalue weighted by atomic mass is 16.3. The van der Waals surface area contributed by atoms with Gasteiger partial charge in [-0.1, -0.05) is 38.5 Å². The number of anilines is 1. The van der Waals surface area contributed by atoms with Gasteiger partial charge in [-0.2, -0.15) is 0 Å². The first-order chi connectivity index (χ1) is 9.36. The number of hydrogen-bond donors (Lipinski definition) is 2. The van der Waals surface area contributed by atoms with Crippen molar-refractivity contribution < 1.29 is 9.90 Å². The monoisotopic (exact) mass is 278 g/mol. The molecule has 0 radical (unpaired) electrons. The van der Waals surface area contributed by atoms with E-state index < -0.39 is 5.60 Å².